The Morgan fingerprint density at radius 2 is 1.67 bits per heavy atom. The Bertz CT molecular complexity index is 914. The summed E-state index contributed by atoms with van der Waals surface area (Å²) in [4.78, 5) is 15.8. The molecule has 2 aromatic carbocycles. The third-order valence-corrected chi connectivity index (χ3v) is 4.17. The summed E-state index contributed by atoms with van der Waals surface area (Å²) in [7, 11) is 1.33. The standard InChI is InChI=1S/C20H17F3N2O2/c1-27-19(26)16-6-2-15(3-7-16)13-25-11-10-24-18(25)12-14-4-8-17(9-5-14)20(21,22)23/h2-11H,12-13H2,1H3. The molecule has 0 fully saturated rings. The lowest BCUT2D eigenvalue weighted by atomic mass is 10.1. The monoisotopic (exact) mass is 374 g/mol. The van der Waals surface area contributed by atoms with Crippen LogP contribution in [0.3, 0.4) is 0 Å². The van der Waals surface area contributed by atoms with Crippen molar-refractivity contribution in [3.8, 4) is 0 Å². The molecular formula is C20H17F3N2O2. The number of hydrogen-bond acceptors (Lipinski definition) is 3. The fraction of sp³-hybridized carbons (Fsp3) is 0.200. The molecule has 0 aliphatic carbocycles. The molecule has 1 heterocycles. The van der Waals surface area contributed by atoms with Gasteiger partial charge in [0.1, 0.15) is 5.82 Å². The zero-order valence-electron chi connectivity index (χ0n) is 14.5. The number of halogens is 3. The predicted molar refractivity (Wildman–Crippen MR) is 93.4 cm³/mol. The summed E-state index contributed by atoms with van der Waals surface area (Å²) in [6, 6.07) is 12.1. The molecule has 0 unspecified atom stereocenters. The Hall–Kier alpha value is -3.09. The van der Waals surface area contributed by atoms with E-state index in [1.54, 1.807) is 18.3 Å². The molecule has 0 N–H and O–H groups in total. The van der Waals surface area contributed by atoms with Crippen LogP contribution in [0.15, 0.2) is 60.9 Å². The number of hydrogen-bond donors (Lipinski definition) is 0. The predicted octanol–water partition coefficient (Wildman–Crippen LogP) is 4.33. The molecule has 0 atom stereocenters. The molecule has 0 aliphatic rings. The van der Waals surface area contributed by atoms with Crippen molar-refractivity contribution >= 4 is 5.97 Å². The van der Waals surface area contributed by atoms with Crippen molar-refractivity contribution in [2.75, 3.05) is 7.11 Å². The lowest BCUT2D eigenvalue weighted by molar-refractivity contribution is -0.137. The summed E-state index contributed by atoms with van der Waals surface area (Å²) in [5, 5.41) is 0. The molecule has 0 spiro atoms. The summed E-state index contributed by atoms with van der Waals surface area (Å²) in [6.45, 7) is 0.539. The fourth-order valence-corrected chi connectivity index (χ4v) is 2.71. The van der Waals surface area contributed by atoms with Crippen molar-refractivity contribution in [1.82, 2.24) is 9.55 Å². The van der Waals surface area contributed by atoms with Gasteiger partial charge < -0.3 is 9.30 Å². The molecule has 4 nitrogen and oxygen atoms in total. The number of aromatic nitrogens is 2. The molecule has 0 radical (unpaired) electrons. The van der Waals surface area contributed by atoms with Crippen LogP contribution in [-0.2, 0) is 23.9 Å². The number of nitrogens with zero attached hydrogens (tertiary/aromatic N) is 2. The van der Waals surface area contributed by atoms with E-state index in [0.717, 1.165) is 29.1 Å². The molecule has 0 amide bonds. The van der Waals surface area contributed by atoms with Crippen molar-refractivity contribution < 1.29 is 22.7 Å². The van der Waals surface area contributed by atoms with Crippen LogP contribution in [0.5, 0.6) is 0 Å². The minimum absolute atomic E-state index is 0.396. The average Bonchev–Trinajstić information content (AvgIpc) is 3.08. The van der Waals surface area contributed by atoms with E-state index in [4.69, 9.17) is 0 Å². The molecule has 0 bridgehead atoms. The highest BCUT2D eigenvalue weighted by Gasteiger charge is 2.29. The second-order valence-electron chi connectivity index (χ2n) is 6.03. The number of rotatable bonds is 5. The fourth-order valence-electron chi connectivity index (χ4n) is 2.71. The maximum atomic E-state index is 12.7. The first-order valence-corrected chi connectivity index (χ1v) is 8.20. The lowest BCUT2D eigenvalue weighted by Gasteiger charge is -2.10. The first-order valence-electron chi connectivity index (χ1n) is 8.20. The van der Waals surface area contributed by atoms with Gasteiger partial charge in [0, 0.05) is 25.4 Å². The molecule has 7 heteroatoms. The van der Waals surface area contributed by atoms with Gasteiger partial charge in [0.2, 0.25) is 0 Å². The third-order valence-electron chi connectivity index (χ3n) is 4.17. The quantitative estimate of drug-likeness (QED) is 0.625. The van der Waals surface area contributed by atoms with Gasteiger partial charge in [-0.15, -0.1) is 0 Å². The molecule has 0 aliphatic heterocycles. The largest absolute Gasteiger partial charge is 0.465 e. The molecular weight excluding hydrogens is 357 g/mol. The molecule has 0 saturated carbocycles. The van der Waals surface area contributed by atoms with Crippen molar-refractivity contribution in [1.29, 1.82) is 0 Å². The molecule has 140 valence electrons. The van der Waals surface area contributed by atoms with E-state index in [1.165, 1.54) is 19.2 Å². The topological polar surface area (TPSA) is 44.1 Å². The van der Waals surface area contributed by atoms with E-state index in [2.05, 4.69) is 9.72 Å². The number of carbonyl (C=O) groups excluding carboxylic acids is 1. The van der Waals surface area contributed by atoms with Crippen LogP contribution in [-0.4, -0.2) is 22.6 Å². The smallest absolute Gasteiger partial charge is 0.416 e. The van der Waals surface area contributed by atoms with Crippen LogP contribution >= 0.6 is 0 Å². The average molecular weight is 374 g/mol. The number of benzene rings is 2. The van der Waals surface area contributed by atoms with Gasteiger partial charge >= 0.3 is 12.1 Å². The first-order chi connectivity index (χ1) is 12.9. The molecule has 3 rings (SSSR count). The summed E-state index contributed by atoms with van der Waals surface area (Å²) >= 11 is 0. The van der Waals surface area contributed by atoms with Gasteiger partial charge in [-0.2, -0.15) is 13.2 Å². The highest BCUT2D eigenvalue weighted by molar-refractivity contribution is 5.89. The number of alkyl halides is 3. The zero-order valence-corrected chi connectivity index (χ0v) is 14.5. The maximum absolute atomic E-state index is 12.7. The minimum atomic E-state index is -4.34. The van der Waals surface area contributed by atoms with Crippen LogP contribution in [0.2, 0.25) is 0 Å². The summed E-state index contributed by atoms with van der Waals surface area (Å²) in [5.74, 6) is 0.346. The third kappa shape index (κ3) is 4.55. The van der Waals surface area contributed by atoms with Crippen LogP contribution in [0.4, 0.5) is 13.2 Å². The highest BCUT2D eigenvalue weighted by atomic mass is 19.4. The number of esters is 1. The summed E-state index contributed by atoms with van der Waals surface area (Å²) < 4.78 is 44.6. The number of methoxy groups -OCH3 is 1. The van der Waals surface area contributed by atoms with E-state index in [1.807, 2.05) is 22.9 Å². The Morgan fingerprint density at radius 3 is 2.26 bits per heavy atom. The molecule has 3 aromatic rings. The second-order valence-corrected chi connectivity index (χ2v) is 6.03. The number of ether oxygens (including phenoxy) is 1. The number of imidazole rings is 1. The Labute approximate surface area is 154 Å². The van der Waals surface area contributed by atoms with E-state index >= 15 is 0 Å². The maximum Gasteiger partial charge on any atom is 0.416 e. The normalized spacial score (nSPS) is 11.4. The van der Waals surface area contributed by atoms with E-state index in [9.17, 15) is 18.0 Å². The van der Waals surface area contributed by atoms with E-state index < -0.39 is 17.7 Å². The summed E-state index contributed by atoms with van der Waals surface area (Å²) in [6.07, 6.45) is -0.450. The van der Waals surface area contributed by atoms with Gasteiger partial charge in [0.05, 0.1) is 18.2 Å². The van der Waals surface area contributed by atoms with Gasteiger partial charge in [-0.25, -0.2) is 9.78 Å². The van der Waals surface area contributed by atoms with Crippen molar-refractivity contribution in [2.45, 2.75) is 19.1 Å². The van der Waals surface area contributed by atoms with Crippen molar-refractivity contribution in [3.05, 3.63) is 89.0 Å². The second kappa shape index (κ2) is 7.65. The zero-order chi connectivity index (χ0) is 19.4. The van der Waals surface area contributed by atoms with Crippen LogP contribution in [0, 0.1) is 0 Å². The first kappa shape index (κ1) is 18.7. The van der Waals surface area contributed by atoms with Gasteiger partial charge in [0.15, 0.2) is 0 Å². The minimum Gasteiger partial charge on any atom is -0.465 e. The number of carbonyl (C=O) groups is 1. The molecule has 1 aromatic heterocycles. The lowest BCUT2D eigenvalue weighted by Crippen LogP contribution is -2.07. The Morgan fingerprint density at radius 1 is 1.04 bits per heavy atom. The van der Waals surface area contributed by atoms with Gasteiger partial charge in [-0.3, -0.25) is 0 Å². The summed E-state index contributed by atoms with van der Waals surface area (Å²) in [5.41, 5.74) is 1.52. The van der Waals surface area contributed by atoms with Gasteiger partial charge in [0.25, 0.3) is 0 Å². The van der Waals surface area contributed by atoms with Crippen LogP contribution in [0.25, 0.3) is 0 Å². The SMILES string of the molecule is COC(=O)c1ccc(Cn2ccnc2Cc2ccc(C(F)(F)F)cc2)cc1. The van der Waals surface area contributed by atoms with E-state index in [0.29, 0.717) is 18.5 Å². The van der Waals surface area contributed by atoms with Crippen LogP contribution < -0.4 is 0 Å². The van der Waals surface area contributed by atoms with Gasteiger partial charge in [-0.05, 0) is 35.4 Å². The highest BCUT2D eigenvalue weighted by Crippen LogP contribution is 2.29. The Balaban J connectivity index is 1.71. The van der Waals surface area contributed by atoms with E-state index in [-0.39, 0.29) is 0 Å². The van der Waals surface area contributed by atoms with Crippen LogP contribution in [0.1, 0.15) is 32.9 Å². The Kier molecular flexibility index (Phi) is 5.30. The van der Waals surface area contributed by atoms with Gasteiger partial charge in [-0.1, -0.05) is 24.3 Å². The molecule has 27 heavy (non-hydrogen) atoms. The molecule has 0 saturated heterocycles. The van der Waals surface area contributed by atoms with Crippen molar-refractivity contribution in [3.63, 3.8) is 0 Å². The van der Waals surface area contributed by atoms with Crippen molar-refractivity contribution in [2.24, 2.45) is 0 Å².